The third-order valence-corrected chi connectivity index (χ3v) is 4.37. The number of carbonyl (C=O) groups is 1. The van der Waals surface area contributed by atoms with Crippen molar-refractivity contribution < 1.29 is 19.0 Å². The average molecular weight is 401 g/mol. The number of urea groups is 1. The van der Waals surface area contributed by atoms with E-state index in [1.165, 1.54) is 0 Å². The van der Waals surface area contributed by atoms with Gasteiger partial charge in [-0.1, -0.05) is 24.3 Å². The van der Waals surface area contributed by atoms with Gasteiger partial charge in [0.05, 0.1) is 32.5 Å². The zero-order valence-corrected chi connectivity index (χ0v) is 18.2. The summed E-state index contributed by atoms with van der Waals surface area (Å²) in [6.07, 6.45) is 0. The fourth-order valence-electron chi connectivity index (χ4n) is 2.81. The maximum absolute atomic E-state index is 12.4. The van der Waals surface area contributed by atoms with Crippen LogP contribution < -0.4 is 20.1 Å². The Hall–Kier alpha value is -2.73. The molecule has 29 heavy (non-hydrogen) atoms. The van der Waals surface area contributed by atoms with E-state index in [1.54, 1.807) is 14.2 Å². The summed E-state index contributed by atoms with van der Waals surface area (Å²) in [4.78, 5) is 12.4. The summed E-state index contributed by atoms with van der Waals surface area (Å²) in [7, 11) is 3.21. The highest BCUT2D eigenvalue weighted by atomic mass is 16.5. The fourth-order valence-corrected chi connectivity index (χ4v) is 2.81. The molecular weight excluding hydrogens is 368 g/mol. The number of rotatable bonds is 8. The van der Waals surface area contributed by atoms with Gasteiger partial charge in [0.15, 0.2) is 0 Å². The van der Waals surface area contributed by atoms with Gasteiger partial charge in [0, 0.05) is 12.1 Å². The molecule has 1 unspecified atom stereocenters. The van der Waals surface area contributed by atoms with Crippen LogP contribution >= 0.6 is 0 Å². The lowest BCUT2D eigenvalue weighted by molar-refractivity contribution is -0.0149. The first kappa shape index (κ1) is 22.6. The Morgan fingerprint density at radius 2 is 1.76 bits per heavy atom. The standard InChI is InChI=1S/C23H32N2O4/c1-16(20-13-19(27-5)10-11-21(20)28-6)25-22(26)24-14-17-8-7-9-18(12-17)15-29-23(2,3)4/h7-13,16H,14-15H2,1-6H3,(H2,24,25,26). The molecule has 0 aliphatic heterocycles. The Morgan fingerprint density at radius 3 is 2.41 bits per heavy atom. The predicted molar refractivity (Wildman–Crippen MR) is 114 cm³/mol. The summed E-state index contributed by atoms with van der Waals surface area (Å²) in [6.45, 7) is 8.96. The van der Waals surface area contributed by atoms with E-state index in [9.17, 15) is 4.79 Å². The van der Waals surface area contributed by atoms with Crippen molar-refractivity contribution in [1.29, 1.82) is 0 Å². The Morgan fingerprint density at radius 1 is 1.03 bits per heavy atom. The predicted octanol–water partition coefficient (Wildman–Crippen LogP) is 4.58. The molecule has 2 rings (SSSR count). The Bertz CT molecular complexity index is 815. The van der Waals surface area contributed by atoms with E-state index < -0.39 is 0 Å². The van der Waals surface area contributed by atoms with Crippen LogP contribution in [0.3, 0.4) is 0 Å². The molecule has 1 atom stereocenters. The van der Waals surface area contributed by atoms with Gasteiger partial charge in [0.25, 0.3) is 0 Å². The summed E-state index contributed by atoms with van der Waals surface area (Å²) < 4.78 is 16.5. The van der Waals surface area contributed by atoms with Crippen molar-refractivity contribution in [3.63, 3.8) is 0 Å². The van der Waals surface area contributed by atoms with Crippen LogP contribution in [0.1, 0.15) is 50.4 Å². The van der Waals surface area contributed by atoms with Gasteiger partial charge >= 0.3 is 6.03 Å². The minimum Gasteiger partial charge on any atom is -0.497 e. The molecule has 0 saturated carbocycles. The van der Waals surface area contributed by atoms with Gasteiger partial charge < -0.3 is 24.8 Å². The highest BCUT2D eigenvalue weighted by Gasteiger charge is 2.15. The molecule has 6 heteroatoms. The number of ether oxygens (including phenoxy) is 3. The molecule has 0 aliphatic rings. The van der Waals surface area contributed by atoms with Crippen molar-refractivity contribution in [3.05, 3.63) is 59.2 Å². The number of benzene rings is 2. The van der Waals surface area contributed by atoms with Gasteiger partial charge in [0.1, 0.15) is 11.5 Å². The third-order valence-electron chi connectivity index (χ3n) is 4.37. The molecule has 0 saturated heterocycles. The molecule has 0 aromatic heterocycles. The summed E-state index contributed by atoms with van der Waals surface area (Å²) in [5, 5.41) is 5.84. The molecule has 0 spiro atoms. The van der Waals surface area contributed by atoms with Gasteiger partial charge in [-0.25, -0.2) is 4.79 Å². The summed E-state index contributed by atoms with van der Waals surface area (Å²) in [5.41, 5.74) is 2.75. The van der Waals surface area contributed by atoms with Crippen molar-refractivity contribution in [2.45, 2.75) is 52.5 Å². The zero-order chi connectivity index (χ0) is 21.4. The van der Waals surface area contributed by atoms with Crippen molar-refractivity contribution in [2.75, 3.05) is 14.2 Å². The van der Waals surface area contributed by atoms with Crippen molar-refractivity contribution >= 4 is 6.03 Å². The maximum Gasteiger partial charge on any atom is 0.315 e. The van der Waals surface area contributed by atoms with Crippen LogP contribution in [0.2, 0.25) is 0 Å². The average Bonchev–Trinajstić information content (AvgIpc) is 2.70. The number of carbonyl (C=O) groups excluding carboxylic acids is 1. The summed E-state index contributed by atoms with van der Waals surface area (Å²) in [5.74, 6) is 1.41. The molecule has 2 aromatic rings. The van der Waals surface area contributed by atoms with E-state index in [2.05, 4.69) is 10.6 Å². The quantitative estimate of drug-likeness (QED) is 0.681. The topological polar surface area (TPSA) is 68.8 Å². The Kier molecular flexibility index (Phi) is 7.91. The number of hydrogen-bond donors (Lipinski definition) is 2. The van der Waals surface area contributed by atoms with Gasteiger partial charge in [-0.2, -0.15) is 0 Å². The molecule has 2 aromatic carbocycles. The molecule has 0 bridgehead atoms. The van der Waals surface area contributed by atoms with E-state index in [-0.39, 0.29) is 17.7 Å². The minimum absolute atomic E-state index is 0.189. The van der Waals surface area contributed by atoms with Gasteiger partial charge in [0.2, 0.25) is 0 Å². The highest BCUT2D eigenvalue weighted by Crippen LogP contribution is 2.29. The van der Waals surface area contributed by atoms with Crippen LogP contribution in [0.4, 0.5) is 4.79 Å². The first-order valence-electron chi connectivity index (χ1n) is 9.70. The lowest BCUT2D eigenvalue weighted by Crippen LogP contribution is -2.36. The van der Waals surface area contributed by atoms with Crippen LogP contribution in [0.5, 0.6) is 11.5 Å². The third kappa shape index (κ3) is 7.31. The van der Waals surface area contributed by atoms with E-state index >= 15 is 0 Å². The largest absolute Gasteiger partial charge is 0.497 e. The molecule has 0 radical (unpaired) electrons. The smallest absolute Gasteiger partial charge is 0.315 e. The van der Waals surface area contributed by atoms with Gasteiger partial charge in [-0.3, -0.25) is 0 Å². The summed E-state index contributed by atoms with van der Waals surface area (Å²) >= 11 is 0. The van der Waals surface area contributed by atoms with E-state index in [0.717, 1.165) is 16.7 Å². The molecule has 0 aliphatic carbocycles. The fraction of sp³-hybridized carbons (Fsp3) is 0.435. The molecule has 0 heterocycles. The second-order valence-corrected chi connectivity index (χ2v) is 7.88. The lowest BCUT2D eigenvalue weighted by Gasteiger charge is -2.20. The molecule has 6 nitrogen and oxygen atoms in total. The normalized spacial score (nSPS) is 12.2. The van der Waals surface area contributed by atoms with Crippen molar-refractivity contribution in [2.24, 2.45) is 0 Å². The number of hydrogen-bond acceptors (Lipinski definition) is 4. The first-order chi connectivity index (χ1) is 13.7. The molecular formula is C23H32N2O4. The van der Waals surface area contributed by atoms with Crippen LogP contribution in [0.25, 0.3) is 0 Å². The van der Waals surface area contributed by atoms with Crippen molar-refractivity contribution in [1.82, 2.24) is 10.6 Å². The zero-order valence-electron chi connectivity index (χ0n) is 18.2. The second-order valence-electron chi connectivity index (χ2n) is 7.88. The molecule has 0 fully saturated rings. The van der Waals surface area contributed by atoms with E-state index in [0.29, 0.717) is 24.7 Å². The SMILES string of the molecule is COc1ccc(OC)c(C(C)NC(=O)NCc2cccc(COC(C)(C)C)c2)c1. The van der Waals surface area contributed by atoms with E-state index in [1.807, 2.05) is 70.2 Å². The maximum atomic E-state index is 12.4. The van der Waals surface area contributed by atoms with Crippen LogP contribution in [-0.2, 0) is 17.9 Å². The Balaban J connectivity index is 1.93. The minimum atomic E-state index is -0.251. The summed E-state index contributed by atoms with van der Waals surface area (Å²) in [6, 6.07) is 13.0. The molecule has 2 N–H and O–H groups in total. The van der Waals surface area contributed by atoms with Crippen LogP contribution in [-0.4, -0.2) is 25.9 Å². The van der Waals surface area contributed by atoms with Crippen molar-refractivity contribution in [3.8, 4) is 11.5 Å². The highest BCUT2D eigenvalue weighted by molar-refractivity contribution is 5.74. The first-order valence-corrected chi connectivity index (χ1v) is 9.70. The lowest BCUT2D eigenvalue weighted by atomic mass is 10.1. The van der Waals surface area contributed by atoms with Crippen LogP contribution in [0, 0.1) is 0 Å². The second kappa shape index (κ2) is 10.2. The van der Waals surface area contributed by atoms with E-state index in [4.69, 9.17) is 14.2 Å². The number of methoxy groups -OCH3 is 2. The number of amides is 2. The Labute approximate surface area is 173 Å². The van der Waals surface area contributed by atoms with Gasteiger partial charge in [-0.05, 0) is 57.0 Å². The monoisotopic (exact) mass is 400 g/mol. The van der Waals surface area contributed by atoms with Gasteiger partial charge in [-0.15, -0.1) is 0 Å². The van der Waals surface area contributed by atoms with Crippen LogP contribution in [0.15, 0.2) is 42.5 Å². The molecule has 2 amide bonds. The number of nitrogens with one attached hydrogen (secondary N) is 2. The molecule has 158 valence electrons.